The van der Waals surface area contributed by atoms with Crippen molar-refractivity contribution in [3.8, 4) is 6.07 Å². The van der Waals surface area contributed by atoms with Crippen molar-refractivity contribution >= 4 is 45.0 Å². The van der Waals surface area contributed by atoms with Gasteiger partial charge in [0.2, 0.25) is 5.91 Å². The molecule has 3 rings (SSSR count). The van der Waals surface area contributed by atoms with Crippen LogP contribution in [-0.2, 0) is 16.0 Å². The maximum atomic E-state index is 13.1. The van der Waals surface area contributed by atoms with Crippen LogP contribution in [0.2, 0.25) is 0 Å². The lowest BCUT2D eigenvalue weighted by Gasteiger charge is -2.24. The molecule has 0 bridgehead atoms. The van der Waals surface area contributed by atoms with Crippen molar-refractivity contribution in [3.63, 3.8) is 0 Å². The number of ether oxygens (including phenoxy) is 1. The summed E-state index contributed by atoms with van der Waals surface area (Å²) >= 11 is 4.94. The number of amides is 2. The molecule has 32 heavy (non-hydrogen) atoms. The van der Waals surface area contributed by atoms with E-state index in [4.69, 9.17) is 4.74 Å². The van der Waals surface area contributed by atoms with Gasteiger partial charge in [0.1, 0.15) is 17.7 Å². The Morgan fingerprint density at radius 2 is 2.16 bits per heavy atom. The van der Waals surface area contributed by atoms with Crippen LogP contribution in [0.1, 0.15) is 37.6 Å². The Morgan fingerprint density at radius 1 is 1.38 bits per heavy atom. The van der Waals surface area contributed by atoms with Gasteiger partial charge in [-0.2, -0.15) is 5.26 Å². The minimum atomic E-state index is -0.736. The van der Waals surface area contributed by atoms with Gasteiger partial charge in [-0.05, 0) is 56.8 Å². The number of hydrogen-bond donors (Lipinski definition) is 2. The summed E-state index contributed by atoms with van der Waals surface area (Å²) in [5.41, 5.74) is 0.798. The van der Waals surface area contributed by atoms with E-state index in [2.05, 4.69) is 37.5 Å². The molecule has 170 valence electrons. The summed E-state index contributed by atoms with van der Waals surface area (Å²) < 4.78 is 6.20. The number of alkyl carbamates (subject to hydrolysis) is 1. The highest BCUT2D eigenvalue weighted by molar-refractivity contribution is 9.10. The van der Waals surface area contributed by atoms with Crippen LogP contribution in [0.4, 0.5) is 10.5 Å². The number of nitriles is 1. The van der Waals surface area contributed by atoms with E-state index in [1.165, 1.54) is 11.3 Å². The van der Waals surface area contributed by atoms with Crippen molar-refractivity contribution in [2.24, 2.45) is 0 Å². The average Bonchev–Trinajstić information content (AvgIpc) is 3.38. The van der Waals surface area contributed by atoms with Gasteiger partial charge in [-0.3, -0.25) is 4.79 Å². The maximum Gasteiger partial charge on any atom is 0.408 e. The standard InChI is InChI=1S/C23H27BrN4O3S/c1-23(2,3)31-22(30)27-19(12-18-5-4-10-32-18)21(29)26-17-8-9-28(14-17)20-7-6-16(24)11-15(20)13-25/h4-7,10-11,17,19H,8-9,12,14H2,1-3H3,(H,26,29)(H,27,30). The number of benzene rings is 1. The lowest BCUT2D eigenvalue weighted by Crippen LogP contribution is -2.52. The van der Waals surface area contributed by atoms with Gasteiger partial charge in [-0.25, -0.2) is 4.79 Å². The summed E-state index contributed by atoms with van der Waals surface area (Å²) in [6.45, 7) is 6.68. The number of carbonyl (C=O) groups is 2. The van der Waals surface area contributed by atoms with Crippen LogP contribution in [0.3, 0.4) is 0 Å². The van der Waals surface area contributed by atoms with Crippen molar-refractivity contribution in [2.45, 2.75) is 51.3 Å². The van der Waals surface area contributed by atoms with Crippen molar-refractivity contribution in [3.05, 3.63) is 50.6 Å². The van der Waals surface area contributed by atoms with E-state index in [9.17, 15) is 14.9 Å². The molecule has 2 aromatic rings. The highest BCUT2D eigenvalue weighted by atomic mass is 79.9. The SMILES string of the molecule is CC(C)(C)OC(=O)NC(Cc1cccs1)C(=O)NC1CCN(c2ccc(Br)cc2C#N)C1. The zero-order chi connectivity index (χ0) is 23.3. The highest BCUT2D eigenvalue weighted by Crippen LogP contribution is 2.27. The van der Waals surface area contributed by atoms with Crippen LogP contribution in [0.5, 0.6) is 0 Å². The second kappa shape index (κ2) is 10.4. The predicted molar refractivity (Wildman–Crippen MR) is 129 cm³/mol. The Labute approximate surface area is 200 Å². The van der Waals surface area contributed by atoms with E-state index in [0.29, 0.717) is 18.5 Å². The number of carbonyl (C=O) groups excluding carboxylic acids is 2. The number of nitrogens with one attached hydrogen (secondary N) is 2. The number of thiophene rings is 1. The van der Waals surface area contributed by atoms with Crippen molar-refractivity contribution < 1.29 is 14.3 Å². The molecule has 0 radical (unpaired) electrons. The lowest BCUT2D eigenvalue weighted by atomic mass is 10.1. The summed E-state index contributed by atoms with van der Waals surface area (Å²) in [5, 5.41) is 17.2. The number of nitrogens with zero attached hydrogens (tertiary/aromatic N) is 2. The van der Waals surface area contributed by atoms with E-state index in [1.807, 2.05) is 29.6 Å². The molecule has 2 amide bonds. The summed E-state index contributed by atoms with van der Waals surface area (Å²) in [4.78, 5) is 28.5. The van der Waals surface area contributed by atoms with Gasteiger partial charge in [-0.1, -0.05) is 22.0 Å². The predicted octanol–water partition coefficient (Wildman–Crippen LogP) is 4.21. The van der Waals surface area contributed by atoms with Crippen LogP contribution in [-0.4, -0.2) is 42.8 Å². The zero-order valence-corrected chi connectivity index (χ0v) is 20.8. The smallest absolute Gasteiger partial charge is 0.408 e. The number of hydrogen-bond acceptors (Lipinski definition) is 6. The Balaban J connectivity index is 1.65. The van der Waals surface area contributed by atoms with E-state index < -0.39 is 17.7 Å². The van der Waals surface area contributed by atoms with Crippen molar-refractivity contribution in [1.82, 2.24) is 10.6 Å². The lowest BCUT2D eigenvalue weighted by molar-refractivity contribution is -0.123. The minimum Gasteiger partial charge on any atom is -0.444 e. The average molecular weight is 519 g/mol. The first kappa shape index (κ1) is 24.1. The Morgan fingerprint density at radius 3 is 2.81 bits per heavy atom. The second-order valence-corrected chi connectivity index (χ2v) is 10.6. The molecule has 1 aromatic heterocycles. The fourth-order valence-corrected chi connectivity index (χ4v) is 4.67. The van der Waals surface area contributed by atoms with Gasteiger partial charge in [0.25, 0.3) is 0 Å². The van der Waals surface area contributed by atoms with E-state index >= 15 is 0 Å². The van der Waals surface area contributed by atoms with Gasteiger partial charge in [-0.15, -0.1) is 11.3 Å². The number of halogens is 1. The fourth-order valence-electron chi connectivity index (χ4n) is 3.56. The maximum absolute atomic E-state index is 13.1. The first-order valence-corrected chi connectivity index (χ1v) is 12.1. The van der Waals surface area contributed by atoms with Crippen LogP contribution in [0.25, 0.3) is 0 Å². The quantitative estimate of drug-likeness (QED) is 0.597. The summed E-state index contributed by atoms with van der Waals surface area (Å²) in [5.74, 6) is -0.243. The third-order valence-electron chi connectivity index (χ3n) is 4.95. The molecule has 2 unspecified atom stereocenters. The molecular weight excluding hydrogens is 492 g/mol. The number of anilines is 1. The van der Waals surface area contributed by atoms with Crippen LogP contribution >= 0.6 is 27.3 Å². The zero-order valence-electron chi connectivity index (χ0n) is 18.4. The molecule has 0 saturated carbocycles. The molecule has 1 saturated heterocycles. The van der Waals surface area contributed by atoms with Crippen LogP contribution in [0.15, 0.2) is 40.2 Å². The number of rotatable bonds is 6. The molecule has 1 aromatic carbocycles. The molecule has 0 aliphatic carbocycles. The molecule has 2 N–H and O–H groups in total. The van der Waals surface area contributed by atoms with Gasteiger partial charge in [0.05, 0.1) is 11.3 Å². The Hall–Kier alpha value is -2.57. The minimum absolute atomic E-state index is 0.0797. The molecular formula is C23H27BrN4O3S. The third kappa shape index (κ3) is 6.71. The second-order valence-electron chi connectivity index (χ2n) is 8.70. The monoisotopic (exact) mass is 518 g/mol. The Bertz CT molecular complexity index is 998. The first-order chi connectivity index (χ1) is 15.1. The van der Waals surface area contributed by atoms with E-state index in [1.54, 1.807) is 26.8 Å². The summed E-state index contributed by atoms with van der Waals surface area (Å²) in [6, 6.07) is 10.9. The molecule has 1 aliphatic heterocycles. The van der Waals surface area contributed by atoms with Gasteiger partial charge >= 0.3 is 6.09 Å². The highest BCUT2D eigenvalue weighted by Gasteiger charge is 2.30. The summed E-state index contributed by atoms with van der Waals surface area (Å²) in [7, 11) is 0. The van der Waals surface area contributed by atoms with Crippen molar-refractivity contribution in [2.75, 3.05) is 18.0 Å². The van der Waals surface area contributed by atoms with Crippen molar-refractivity contribution in [1.29, 1.82) is 5.26 Å². The third-order valence-corrected chi connectivity index (χ3v) is 6.34. The fraction of sp³-hybridized carbons (Fsp3) is 0.435. The largest absolute Gasteiger partial charge is 0.444 e. The van der Waals surface area contributed by atoms with E-state index in [0.717, 1.165) is 28.0 Å². The molecule has 1 fully saturated rings. The molecule has 0 spiro atoms. The normalized spacial score (nSPS) is 16.8. The van der Waals surface area contributed by atoms with Crippen LogP contribution < -0.4 is 15.5 Å². The summed E-state index contributed by atoms with van der Waals surface area (Å²) in [6.07, 6.45) is 0.533. The topological polar surface area (TPSA) is 94.5 Å². The Kier molecular flexibility index (Phi) is 7.80. The van der Waals surface area contributed by atoms with E-state index in [-0.39, 0.29) is 11.9 Å². The molecule has 2 heterocycles. The first-order valence-electron chi connectivity index (χ1n) is 10.4. The molecule has 2 atom stereocenters. The molecule has 7 nitrogen and oxygen atoms in total. The van der Waals surface area contributed by atoms with Crippen LogP contribution in [0, 0.1) is 11.3 Å². The molecule has 9 heteroatoms. The van der Waals surface area contributed by atoms with Gasteiger partial charge < -0.3 is 20.3 Å². The van der Waals surface area contributed by atoms with Gasteiger partial charge in [0, 0.05) is 34.9 Å². The molecule has 1 aliphatic rings. The van der Waals surface area contributed by atoms with Gasteiger partial charge in [0.15, 0.2) is 0 Å².